The number of hydrogen-bond acceptors (Lipinski definition) is 2. The molecule has 0 heterocycles. The molecule has 0 N–H and O–H groups in total. The molecule has 74 valence electrons. The van der Waals surface area contributed by atoms with Crippen molar-refractivity contribution in [1.82, 2.24) is 0 Å². The van der Waals surface area contributed by atoms with Crippen LogP contribution in [0, 0.1) is 0 Å². The fourth-order valence-corrected chi connectivity index (χ4v) is 4.13. The minimum absolute atomic E-state index is 0.502. The van der Waals surface area contributed by atoms with Crippen LogP contribution in [0.3, 0.4) is 0 Å². The minimum Gasteiger partial charge on any atom is -0.300 e. The van der Waals surface area contributed by atoms with Crippen molar-refractivity contribution >= 4 is 17.5 Å². The summed E-state index contributed by atoms with van der Waals surface area (Å²) in [7, 11) is 0. The highest BCUT2D eigenvalue weighted by molar-refractivity contribution is 8.00. The van der Waals surface area contributed by atoms with Crippen LogP contribution in [0.2, 0.25) is 0 Å². The predicted molar refractivity (Wildman–Crippen MR) is 57.1 cm³/mol. The second-order valence-corrected chi connectivity index (χ2v) is 5.91. The summed E-state index contributed by atoms with van der Waals surface area (Å²) in [6.07, 6.45) is 9.76. The highest BCUT2D eigenvalue weighted by Crippen LogP contribution is 2.36. The second kappa shape index (κ2) is 4.50. The lowest BCUT2D eigenvalue weighted by Crippen LogP contribution is -2.19. The zero-order valence-electron chi connectivity index (χ0n) is 8.13. The van der Waals surface area contributed by atoms with Gasteiger partial charge in [-0.05, 0) is 25.7 Å². The second-order valence-electron chi connectivity index (χ2n) is 4.30. The number of hydrogen-bond donors (Lipinski definition) is 0. The minimum atomic E-state index is 0.502. The Labute approximate surface area is 84.7 Å². The van der Waals surface area contributed by atoms with Crippen LogP contribution in [0.5, 0.6) is 0 Å². The maximum Gasteiger partial charge on any atom is 0.134 e. The Balaban J connectivity index is 1.76. The Morgan fingerprint density at radius 2 is 1.69 bits per heavy atom. The molecular weight excluding hydrogens is 180 g/mol. The van der Waals surface area contributed by atoms with Crippen molar-refractivity contribution in [2.45, 2.75) is 61.9 Å². The maximum atomic E-state index is 11.2. The molecule has 1 atom stereocenters. The lowest BCUT2D eigenvalue weighted by atomic mass is 9.99. The third-order valence-corrected chi connectivity index (χ3v) is 4.77. The summed E-state index contributed by atoms with van der Waals surface area (Å²) in [4.78, 5) is 11.2. The van der Waals surface area contributed by atoms with E-state index in [0.29, 0.717) is 11.0 Å². The number of ketones is 1. The van der Waals surface area contributed by atoms with E-state index in [1.165, 1.54) is 32.1 Å². The SMILES string of the molecule is O=C1CCCC(SC2CCCC2)C1. The van der Waals surface area contributed by atoms with Gasteiger partial charge in [-0.25, -0.2) is 0 Å². The fraction of sp³-hybridized carbons (Fsp3) is 0.909. The van der Waals surface area contributed by atoms with Crippen LogP contribution >= 0.6 is 11.8 Å². The van der Waals surface area contributed by atoms with E-state index >= 15 is 0 Å². The summed E-state index contributed by atoms with van der Waals surface area (Å²) in [5.74, 6) is 0.502. The first-order chi connectivity index (χ1) is 6.34. The monoisotopic (exact) mass is 198 g/mol. The summed E-state index contributed by atoms with van der Waals surface area (Å²) >= 11 is 2.11. The van der Waals surface area contributed by atoms with Gasteiger partial charge in [0.25, 0.3) is 0 Å². The molecule has 2 heteroatoms. The summed E-state index contributed by atoms with van der Waals surface area (Å²) in [6, 6.07) is 0. The molecule has 0 amide bonds. The van der Waals surface area contributed by atoms with Crippen LogP contribution in [-0.4, -0.2) is 16.3 Å². The molecule has 1 unspecified atom stereocenters. The third kappa shape index (κ3) is 2.73. The molecule has 2 rings (SSSR count). The van der Waals surface area contributed by atoms with Crippen LogP contribution in [0.25, 0.3) is 0 Å². The Bertz CT molecular complexity index is 185. The first-order valence-corrected chi connectivity index (χ1v) is 6.46. The van der Waals surface area contributed by atoms with Crippen LogP contribution in [0.1, 0.15) is 51.4 Å². The van der Waals surface area contributed by atoms with Crippen LogP contribution < -0.4 is 0 Å². The number of carbonyl (C=O) groups excluding carboxylic acids is 1. The molecule has 0 spiro atoms. The van der Waals surface area contributed by atoms with Crippen molar-refractivity contribution in [2.24, 2.45) is 0 Å². The van der Waals surface area contributed by atoms with Gasteiger partial charge in [0.15, 0.2) is 0 Å². The zero-order chi connectivity index (χ0) is 9.10. The fourth-order valence-electron chi connectivity index (χ4n) is 2.40. The van der Waals surface area contributed by atoms with Gasteiger partial charge >= 0.3 is 0 Å². The van der Waals surface area contributed by atoms with Gasteiger partial charge in [0, 0.05) is 23.3 Å². The maximum absolute atomic E-state index is 11.2. The normalized spacial score (nSPS) is 31.1. The molecule has 0 aromatic heterocycles. The van der Waals surface area contributed by atoms with Crippen LogP contribution in [0.15, 0.2) is 0 Å². The van der Waals surface area contributed by atoms with E-state index < -0.39 is 0 Å². The molecule has 2 fully saturated rings. The smallest absolute Gasteiger partial charge is 0.134 e. The Kier molecular flexibility index (Phi) is 3.31. The number of thioether (sulfide) groups is 1. The van der Waals surface area contributed by atoms with E-state index in [2.05, 4.69) is 11.8 Å². The first-order valence-electron chi connectivity index (χ1n) is 5.52. The van der Waals surface area contributed by atoms with Gasteiger partial charge in [0.2, 0.25) is 0 Å². The Morgan fingerprint density at radius 3 is 2.38 bits per heavy atom. The van der Waals surface area contributed by atoms with Gasteiger partial charge in [-0.15, -0.1) is 0 Å². The molecule has 1 nitrogen and oxygen atoms in total. The van der Waals surface area contributed by atoms with E-state index in [1.807, 2.05) is 0 Å². The number of carbonyl (C=O) groups is 1. The highest BCUT2D eigenvalue weighted by Gasteiger charge is 2.24. The molecule has 0 aromatic rings. The summed E-state index contributed by atoms with van der Waals surface area (Å²) in [5, 5.41) is 1.56. The highest BCUT2D eigenvalue weighted by atomic mass is 32.2. The first kappa shape index (κ1) is 9.57. The van der Waals surface area contributed by atoms with Gasteiger partial charge in [-0.1, -0.05) is 12.8 Å². The molecule has 2 aliphatic carbocycles. The van der Waals surface area contributed by atoms with Crippen molar-refractivity contribution in [3.8, 4) is 0 Å². The van der Waals surface area contributed by atoms with Gasteiger partial charge < -0.3 is 0 Å². The van der Waals surface area contributed by atoms with Crippen LogP contribution in [-0.2, 0) is 4.79 Å². The quantitative estimate of drug-likeness (QED) is 0.678. The molecule has 2 aliphatic rings. The summed E-state index contributed by atoms with van der Waals surface area (Å²) in [6.45, 7) is 0. The Hall–Kier alpha value is 0.0200. The lowest BCUT2D eigenvalue weighted by molar-refractivity contribution is -0.120. The van der Waals surface area contributed by atoms with E-state index in [0.717, 1.165) is 24.5 Å². The number of Topliss-reactive ketones (excluding diaryl/α,β-unsaturated/α-hetero) is 1. The van der Waals surface area contributed by atoms with E-state index in [1.54, 1.807) is 0 Å². The topological polar surface area (TPSA) is 17.1 Å². The molecule has 0 aliphatic heterocycles. The van der Waals surface area contributed by atoms with Gasteiger partial charge in [-0.2, -0.15) is 11.8 Å². The van der Waals surface area contributed by atoms with Gasteiger partial charge in [0.1, 0.15) is 5.78 Å². The van der Waals surface area contributed by atoms with Crippen LogP contribution in [0.4, 0.5) is 0 Å². The summed E-state index contributed by atoms with van der Waals surface area (Å²) < 4.78 is 0. The molecule has 2 saturated carbocycles. The van der Waals surface area contributed by atoms with Crippen molar-refractivity contribution in [2.75, 3.05) is 0 Å². The summed E-state index contributed by atoms with van der Waals surface area (Å²) in [5.41, 5.74) is 0. The van der Waals surface area contributed by atoms with Gasteiger partial charge in [0.05, 0.1) is 0 Å². The third-order valence-electron chi connectivity index (χ3n) is 3.12. The molecule has 0 saturated heterocycles. The molecule has 0 aromatic carbocycles. The standard InChI is InChI=1S/C11H18OS/c12-9-4-3-7-11(8-9)13-10-5-1-2-6-10/h10-11H,1-8H2. The molecular formula is C11H18OS. The molecule has 13 heavy (non-hydrogen) atoms. The van der Waals surface area contributed by atoms with Crippen molar-refractivity contribution in [1.29, 1.82) is 0 Å². The number of rotatable bonds is 2. The van der Waals surface area contributed by atoms with Crippen molar-refractivity contribution < 1.29 is 4.79 Å². The molecule has 0 radical (unpaired) electrons. The average Bonchev–Trinajstić information content (AvgIpc) is 2.57. The predicted octanol–water partition coefficient (Wildman–Crippen LogP) is 3.17. The lowest BCUT2D eigenvalue weighted by Gasteiger charge is -2.23. The van der Waals surface area contributed by atoms with E-state index in [9.17, 15) is 4.79 Å². The molecule has 0 bridgehead atoms. The Morgan fingerprint density at radius 1 is 1.00 bits per heavy atom. The van der Waals surface area contributed by atoms with Gasteiger partial charge in [-0.3, -0.25) is 4.79 Å². The van der Waals surface area contributed by atoms with Crippen molar-refractivity contribution in [3.05, 3.63) is 0 Å². The van der Waals surface area contributed by atoms with E-state index in [-0.39, 0.29) is 0 Å². The largest absolute Gasteiger partial charge is 0.300 e. The van der Waals surface area contributed by atoms with Crippen molar-refractivity contribution in [3.63, 3.8) is 0 Å². The average molecular weight is 198 g/mol. The zero-order valence-corrected chi connectivity index (χ0v) is 8.94. The van der Waals surface area contributed by atoms with E-state index in [4.69, 9.17) is 0 Å².